The molecule has 0 radical (unpaired) electrons. The number of carbonyl (C=O) groups is 1. The Morgan fingerprint density at radius 3 is 2.58 bits per heavy atom. The van der Waals surface area contributed by atoms with Gasteiger partial charge < -0.3 is 9.47 Å². The number of hydrogen-bond acceptors (Lipinski definition) is 4. The zero-order valence-electron chi connectivity index (χ0n) is 15.2. The van der Waals surface area contributed by atoms with Crippen LogP contribution in [0.25, 0.3) is 5.69 Å². The zero-order chi connectivity index (χ0) is 18.5. The maximum atomic E-state index is 12.7. The predicted molar refractivity (Wildman–Crippen MR) is 100 cm³/mol. The van der Waals surface area contributed by atoms with Crippen LogP contribution in [0.2, 0.25) is 0 Å². The molecule has 0 spiro atoms. The van der Waals surface area contributed by atoms with Gasteiger partial charge in [0.25, 0.3) is 0 Å². The van der Waals surface area contributed by atoms with Crippen LogP contribution in [-0.2, 0) is 6.42 Å². The second kappa shape index (κ2) is 7.87. The molecule has 0 aliphatic heterocycles. The molecule has 0 aliphatic rings. The molecular weight excluding hydrogens is 328 g/mol. The van der Waals surface area contributed by atoms with Crippen molar-refractivity contribution >= 4 is 5.97 Å². The van der Waals surface area contributed by atoms with Gasteiger partial charge in [0.2, 0.25) is 5.88 Å². The lowest BCUT2D eigenvalue weighted by Crippen LogP contribution is -2.13. The Morgan fingerprint density at radius 1 is 1.12 bits per heavy atom. The Morgan fingerprint density at radius 2 is 1.85 bits per heavy atom. The van der Waals surface area contributed by atoms with E-state index in [1.54, 1.807) is 22.9 Å². The number of aryl methyl sites for hydroxylation is 2. The van der Waals surface area contributed by atoms with Crippen molar-refractivity contribution in [3.8, 4) is 17.3 Å². The number of benzene rings is 2. The molecular formula is C21H22N2O3. The number of para-hydroxylation sites is 2. The Bertz CT molecular complexity index is 915. The molecule has 0 N–H and O–H groups in total. The van der Waals surface area contributed by atoms with Crippen LogP contribution in [0.15, 0.2) is 54.6 Å². The molecule has 1 heterocycles. The quantitative estimate of drug-likeness (QED) is 0.620. The number of methoxy groups -OCH3 is 1. The fourth-order valence-electron chi connectivity index (χ4n) is 2.80. The number of ether oxygens (including phenoxy) is 2. The lowest BCUT2D eigenvalue weighted by atomic mass is 10.2. The Hall–Kier alpha value is -3.08. The van der Waals surface area contributed by atoms with Crippen molar-refractivity contribution in [2.24, 2.45) is 0 Å². The summed E-state index contributed by atoms with van der Waals surface area (Å²) in [5.74, 6) is 0.409. The number of esters is 1. The Balaban J connectivity index is 1.99. The van der Waals surface area contributed by atoms with Crippen LogP contribution in [0.4, 0.5) is 0 Å². The fraction of sp³-hybridized carbons (Fsp3) is 0.238. The number of nitrogens with zero attached hydrogens (tertiary/aromatic N) is 2. The lowest BCUT2D eigenvalue weighted by molar-refractivity contribution is 0.0719. The van der Waals surface area contributed by atoms with Gasteiger partial charge in [-0.05, 0) is 37.1 Å². The summed E-state index contributed by atoms with van der Waals surface area (Å²) >= 11 is 0. The largest absolute Gasteiger partial charge is 0.496 e. The summed E-state index contributed by atoms with van der Waals surface area (Å²) in [6, 6.07) is 16.7. The molecule has 0 saturated carbocycles. The van der Waals surface area contributed by atoms with E-state index in [4.69, 9.17) is 9.47 Å². The van der Waals surface area contributed by atoms with Crippen molar-refractivity contribution in [1.29, 1.82) is 0 Å². The Labute approximate surface area is 153 Å². The average molecular weight is 350 g/mol. The molecule has 0 unspecified atom stereocenters. The third-order valence-corrected chi connectivity index (χ3v) is 4.10. The van der Waals surface area contributed by atoms with E-state index in [-0.39, 0.29) is 0 Å². The van der Waals surface area contributed by atoms with Crippen LogP contribution in [0.3, 0.4) is 0 Å². The average Bonchev–Trinajstić information content (AvgIpc) is 3.04. The monoisotopic (exact) mass is 350 g/mol. The van der Waals surface area contributed by atoms with Gasteiger partial charge in [0.1, 0.15) is 11.3 Å². The molecule has 5 heteroatoms. The van der Waals surface area contributed by atoms with Crippen molar-refractivity contribution < 1.29 is 14.3 Å². The summed E-state index contributed by atoms with van der Waals surface area (Å²) in [6.07, 6.45) is 1.78. The van der Waals surface area contributed by atoms with Crippen LogP contribution in [0.5, 0.6) is 11.6 Å². The van der Waals surface area contributed by atoms with Gasteiger partial charge in [0.15, 0.2) is 0 Å². The van der Waals surface area contributed by atoms with E-state index in [1.165, 1.54) is 7.11 Å². The van der Waals surface area contributed by atoms with Crippen molar-refractivity contribution in [2.45, 2.75) is 26.7 Å². The van der Waals surface area contributed by atoms with Crippen molar-refractivity contribution in [3.63, 3.8) is 0 Å². The second-order valence-corrected chi connectivity index (χ2v) is 6.01. The fourth-order valence-corrected chi connectivity index (χ4v) is 2.80. The van der Waals surface area contributed by atoms with E-state index in [1.807, 2.05) is 43.3 Å². The van der Waals surface area contributed by atoms with Crippen molar-refractivity contribution in [3.05, 3.63) is 71.4 Å². The van der Waals surface area contributed by atoms with Crippen molar-refractivity contribution in [2.75, 3.05) is 7.11 Å². The van der Waals surface area contributed by atoms with Crippen LogP contribution >= 0.6 is 0 Å². The predicted octanol–water partition coefficient (Wildman–Crippen LogP) is 4.36. The van der Waals surface area contributed by atoms with Gasteiger partial charge in [0.05, 0.1) is 18.5 Å². The molecule has 0 fully saturated rings. The van der Waals surface area contributed by atoms with Gasteiger partial charge in [-0.1, -0.05) is 43.7 Å². The third-order valence-electron chi connectivity index (χ3n) is 4.10. The van der Waals surface area contributed by atoms with Gasteiger partial charge in [-0.25, -0.2) is 9.48 Å². The summed E-state index contributed by atoms with van der Waals surface area (Å²) in [5, 5.41) is 4.63. The van der Waals surface area contributed by atoms with E-state index in [0.29, 0.717) is 17.2 Å². The summed E-state index contributed by atoms with van der Waals surface area (Å²) in [5.41, 5.74) is 3.20. The normalized spacial score (nSPS) is 10.6. The SMILES string of the molecule is CCCc1cc(OC(=O)c2ccccc2OC)n(-c2ccccc2C)n1. The first-order chi connectivity index (χ1) is 12.6. The third kappa shape index (κ3) is 3.61. The molecule has 1 aromatic heterocycles. The summed E-state index contributed by atoms with van der Waals surface area (Å²) in [6.45, 7) is 4.09. The smallest absolute Gasteiger partial charge is 0.348 e. The minimum absolute atomic E-state index is 0.379. The molecule has 0 saturated heterocycles. The summed E-state index contributed by atoms with van der Waals surface area (Å²) in [7, 11) is 1.53. The molecule has 0 bridgehead atoms. The van der Waals surface area contributed by atoms with Gasteiger partial charge >= 0.3 is 5.97 Å². The van der Waals surface area contributed by atoms with Gasteiger partial charge in [-0.2, -0.15) is 5.10 Å². The highest BCUT2D eigenvalue weighted by molar-refractivity contribution is 5.93. The molecule has 0 atom stereocenters. The van der Waals surface area contributed by atoms with E-state index in [2.05, 4.69) is 12.0 Å². The highest BCUT2D eigenvalue weighted by Crippen LogP contribution is 2.25. The molecule has 26 heavy (non-hydrogen) atoms. The summed E-state index contributed by atoms with van der Waals surface area (Å²) in [4.78, 5) is 12.7. The molecule has 2 aromatic carbocycles. The molecule has 134 valence electrons. The highest BCUT2D eigenvalue weighted by Gasteiger charge is 2.19. The van der Waals surface area contributed by atoms with Crippen LogP contribution in [-0.4, -0.2) is 22.9 Å². The maximum absolute atomic E-state index is 12.7. The molecule has 0 amide bonds. The van der Waals surface area contributed by atoms with E-state index in [9.17, 15) is 4.79 Å². The van der Waals surface area contributed by atoms with E-state index < -0.39 is 5.97 Å². The lowest BCUT2D eigenvalue weighted by Gasteiger charge is -2.11. The van der Waals surface area contributed by atoms with Crippen LogP contribution in [0, 0.1) is 6.92 Å². The number of hydrogen-bond donors (Lipinski definition) is 0. The Kier molecular flexibility index (Phi) is 5.37. The first-order valence-corrected chi connectivity index (χ1v) is 8.64. The maximum Gasteiger partial charge on any atom is 0.348 e. The van der Waals surface area contributed by atoms with E-state index >= 15 is 0 Å². The first-order valence-electron chi connectivity index (χ1n) is 8.64. The zero-order valence-corrected chi connectivity index (χ0v) is 15.2. The van der Waals surface area contributed by atoms with Gasteiger partial charge in [0, 0.05) is 6.07 Å². The topological polar surface area (TPSA) is 53.4 Å². The second-order valence-electron chi connectivity index (χ2n) is 6.01. The standard InChI is InChI=1S/C21H22N2O3/c1-4-9-16-14-20(23(22-16)18-12-7-5-10-15(18)2)26-21(24)17-11-6-8-13-19(17)25-3/h5-8,10-14H,4,9H2,1-3H3. The minimum atomic E-state index is -0.472. The molecule has 3 rings (SSSR count). The number of rotatable bonds is 6. The number of aromatic nitrogens is 2. The van der Waals surface area contributed by atoms with E-state index in [0.717, 1.165) is 29.8 Å². The first kappa shape index (κ1) is 17.7. The molecule has 0 aliphatic carbocycles. The highest BCUT2D eigenvalue weighted by atomic mass is 16.5. The minimum Gasteiger partial charge on any atom is -0.496 e. The summed E-state index contributed by atoms with van der Waals surface area (Å²) < 4.78 is 12.6. The van der Waals surface area contributed by atoms with Gasteiger partial charge in [-0.3, -0.25) is 0 Å². The van der Waals surface area contributed by atoms with Crippen molar-refractivity contribution in [1.82, 2.24) is 9.78 Å². The molecule has 3 aromatic rings. The molecule has 5 nitrogen and oxygen atoms in total. The van der Waals surface area contributed by atoms with Crippen LogP contribution < -0.4 is 9.47 Å². The van der Waals surface area contributed by atoms with Gasteiger partial charge in [-0.15, -0.1) is 0 Å². The van der Waals surface area contributed by atoms with Crippen LogP contribution in [0.1, 0.15) is 35.0 Å². The number of carbonyl (C=O) groups excluding carboxylic acids is 1.